The molecule has 1 aromatic carbocycles. The summed E-state index contributed by atoms with van der Waals surface area (Å²) < 4.78 is 31.7. The fourth-order valence-electron chi connectivity index (χ4n) is 4.01. The van der Waals surface area contributed by atoms with Crippen LogP contribution >= 0.6 is 11.3 Å². The average molecular weight is 479 g/mol. The standard InChI is InChI=1S/C21H26N4O5S2/c26-19(23-27)21(8-14-30-15-9-21)32(28,29)25-12-10-24(11-13-25)20-22-16-18(31-20)7-6-17-4-2-1-3-5-17/h1-7,16,27H,8-15H2,(H,23,26). The number of carbonyl (C=O) groups excluding carboxylic acids is 1. The van der Waals surface area contributed by atoms with Crippen LogP contribution in [0.15, 0.2) is 36.5 Å². The number of hydrogen-bond donors (Lipinski definition) is 2. The van der Waals surface area contributed by atoms with Crippen LogP contribution in [0.5, 0.6) is 0 Å². The van der Waals surface area contributed by atoms with Crippen LogP contribution in [0, 0.1) is 0 Å². The highest BCUT2D eigenvalue weighted by molar-refractivity contribution is 7.91. The molecule has 2 aromatic rings. The molecule has 2 N–H and O–H groups in total. The van der Waals surface area contributed by atoms with Crippen LogP contribution in [0.25, 0.3) is 12.2 Å². The van der Waals surface area contributed by atoms with Crippen LogP contribution in [0.1, 0.15) is 23.3 Å². The molecule has 1 amide bonds. The van der Waals surface area contributed by atoms with Gasteiger partial charge in [0.25, 0.3) is 5.91 Å². The first-order valence-electron chi connectivity index (χ1n) is 10.4. The van der Waals surface area contributed by atoms with E-state index in [1.807, 2.05) is 48.7 Å². The number of amides is 1. The number of hydrogen-bond acceptors (Lipinski definition) is 8. The van der Waals surface area contributed by atoms with E-state index in [1.165, 1.54) is 4.31 Å². The van der Waals surface area contributed by atoms with Gasteiger partial charge >= 0.3 is 0 Å². The Morgan fingerprint density at radius 1 is 1.12 bits per heavy atom. The fraction of sp³-hybridized carbons (Fsp3) is 0.429. The summed E-state index contributed by atoms with van der Waals surface area (Å²) in [4.78, 5) is 19.9. The van der Waals surface area contributed by atoms with Gasteiger partial charge in [-0.2, -0.15) is 4.31 Å². The molecule has 0 aliphatic carbocycles. The summed E-state index contributed by atoms with van der Waals surface area (Å²) in [6.07, 6.45) is 5.89. The van der Waals surface area contributed by atoms with Gasteiger partial charge in [-0.05, 0) is 11.6 Å². The minimum atomic E-state index is -3.97. The second kappa shape index (κ2) is 9.67. The van der Waals surface area contributed by atoms with Gasteiger partial charge in [0.2, 0.25) is 10.0 Å². The molecule has 0 saturated carbocycles. The van der Waals surface area contributed by atoms with Gasteiger partial charge in [-0.15, -0.1) is 0 Å². The Morgan fingerprint density at radius 3 is 2.47 bits per heavy atom. The van der Waals surface area contributed by atoms with Crippen molar-refractivity contribution in [1.29, 1.82) is 0 Å². The Labute approximate surface area is 191 Å². The lowest BCUT2D eigenvalue weighted by molar-refractivity contribution is -0.134. The SMILES string of the molecule is O=C(NO)C1(S(=O)(=O)N2CCN(c3ncc(C=Cc4ccccc4)s3)CC2)CCOCC1. The molecule has 0 radical (unpaired) electrons. The number of nitrogens with zero attached hydrogens (tertiary/aromatic N) is 3. The van der Waals surface area contributed by atoms with Crippen molar-refractivity contribution in [3.05, 3.63) is 47.0 Å². The van der Waals surface area contributed by atoms with E-state index >= 15 is 0 Å². The number of sulfonamides is 1. The molecule has 4 rings (SSSR count). The van der Waals surface area contributed by atoms with Gasteiger partial charge in [-0.25, -0.2) is 18.9 Å². The molecule has 0 spiro atoms. The Bertz CT molecular complexity index is 1060. The summed E-state index contributed by atoms with van der Waals surface area (Å²) in [5, 5.41) is 10.0. The molecule has 11 heteroatoms. The van der Waals surface area contributed by atoms with E-state index in [9.17, 15) is 18.4 Å². The number of hydroxylamine groups is 1. The predicted molar refractivity (Wildman–Crippen MR) is 123 cm³/mol. The van der Waals surface area contributed by atoms with Gasteiger partial charge in [-0.3, -0.25) is 10.0 Å². The Hall–Kier alpha value is -2.31. The number of rotatable bonds is 6. The van der Waals surface area contributed by atoms with Gasteiger partial charge in [0, 0.05) is 63.3 Å². The monoisotopic (exact) mass is 478 g/mol. The summed E-state index contributed by atoms with van der Waals surface area (Å²) in [5.74, 6) is -0.891. The largest absolute Gasteiger partial charge is 0.381 e. The highest BCUT2D eigenvalue weighted by Crippen LogP contribution is 2.34. The Morgan fingerprint density at radius 2 is 1.81 bits per heavy atom. The van der Waals surface area contributed by atoms with Crippen molar-refractivity contribution in [2.45, 2.75) is 17.6 Å². The van der Waals surface area contributed by atoms with Gasteiger partial charge < -0.3 is 9.64 Å². The maximum atomic E-state index is 13.4. The number of aromatic nitrogens is 1. The average Bonchev–Trinajstić information content (AvgIpc) is 3.32. The number of anilines is 1. The highest BCUT2D eigenvalue weighted by atomic mass is 32.2. The van der Waals surface area contributed by atoms with E-state index in [0.29, 0.717) is 13.1 Å². The van der Waals surface area contributed by atoms with Crippen molar-refractivity contribution in [3.8, 4) is 0 Å². The summed E-state index contributed by atoms with van der Waals surface area (Å²) in [5.41, 5.74) is 2.66. The van der Waals surface area contributed by atoms with Crippen molar-refractivity contribution in [2.24, 2.45) is 0 Å². The van der Waals surface area contributed by atoms with Crippen LogP contribution in [0.2, 0.25) is 0 Å². The van der Waals surface area contributed by atoms with Gasteiger partial charge in [-0.1, -0.05) is 47.7 Å². The molecule has 9 nitrogen and oxygen atoms in total. The van der Waals surface area contributed by atoms with Crippen LogP contribution in [-0.2, 0) is 19.6 Å². The second-order valence-electron chi connectivity index (χ2n) is 7.73. The third kappa shape index (κ3) is 4.44. The number of thiazole rings is 1. The molecular formula is C21H26N4O5S2. The van der Waals surface area contributed by atoms with E-state index in [1.54, 1.807) is 16.8 Å². The summed E-state index contributed by atoms with van der Waals surface area (Å²) in [7, 11) is -3.97. The van der Waals surface area contributed by atoms with Crippen molar-refractivity contribution in [3.63, 3.8) is 0 Å². The number of benzene rings is 1. The molecule has 2 aliphatic heterocycles. The van der Waals surface area contributed by atoms with Gasteiger partial charge in [0.15, 0.2) is 9.88 Å². The molecule has 3 heterocycles. The lowest BCUT2D eigenvalue weighted by atomic mass is 9.98. The third-order valence-electron chi connectivity index (χ3n) is 5.91. The van der Waals surface area contributed by atoms with E-state index in [-0.39, 0.29) is 39.1 Å². The first-order valence-corrected chi connectivity index (χ1v) is 12.7. The molecule has 0 atom stereocenters. The van der Waals surface area contributed by atoms with Gasteiger partial charge in [0.05, 0.1) is 0 Å². The maximum absolute atomic E-state index is 13.4. The predicted octanol–water partition coefficient (Wildman–Crippen LogP) is 1.82. The lowest BCUT2D eigenvalue weighted by Crippen LogP contribution is -2.62. The molecule has 1 aromatic heterocycles. The molecule has 2 saturated heterocycles. The van der Waals surface area contributed by atoms with E-state index in [0.717, 1.165) is 15.6 Å². The first kappa shape index (κ1) is 22.9. The van der Waals surface area contributed by atoms with Crippen molar-refractivity contribution >= 4 is 44.6 Å². The summed E-state index contributed by atoms with van der Waals surface area (Å²) in [6.45, 7) is 1.76. The van der Waals surface area contributed by atoms with Crippen LogP contribution in [0.3, 0.4) is 0 Å². The quantitative estimate of drug-likeness (QED) is 0.481. The van der Waals surface area contributed by atoms with Crippen LogP contribution < -0.4 is 10.4 Å². The number of piperazine rings is 1. The van der Waals surface area contributed by atoms with Gasteiger partial charge in [0.1, 0.15) is 0 Å². The number of ether oxygens (including phenoxy) is 1. The van der Waals surface area contributed by atoms with Crippen molar-refractivity contribution in [1.82, 2.24) is 14.8 Å². The first-order chi connectivity index (χ1) is 15.5. The minimum absolute atomic E-state index is 0.0194. The zero-order valence-electron chi connectivity index (χ0n) is 17.5. The second-order valence-corrected chi connectivity index (χ2v) is 11.0. The third-order valence-corrected chi connectivity index (χ3v) is 9.56. The topological polar surface area (TPSA) is 112 Å². The number of nitrogens with one attached hydrogen (secondary N) is 1. The fourth-order valence-corrected chi connectivity index (χ4v) is 6.98. The summed E-state index contributed by atoms with van der Waals surface area (Å²) in [6, 6.07) is 10.0. The number of carbonyl (C=O) groups is 1. The van der Waals surface area contributed by atoms with E-state index < -0.39 is 20.7 Å². The Kier molecular flexibility index (Phi) is 6.91. The molecule has 2 aliphatic rings. The Balaban J connectivity index is 1.42. The minimum Gasteiger partial charge on any atom is -0.381 e. The van der Waals surface area contributed by atoms with Crippen LogP contribution in [-0.4, -0.2) is 73.0 Å². The zero-order valence-corrected chi connectivity index (χ0v) is 19.1. The lowest BCUT2D eigenvalue weighted by Gasteiger charge is -2.41. The molecule has 0 bridgehead atoms. The zero-order chi connectivity index (χ0) is 22.6. The molecule has 2 fully saturated rings. The smallest absolute Gasteiger partial charge is 0.266 e. The maximum Gasteiger partial charge on any atom is 0.266 e. The highest BCUT2D eigenvalue weighted by Gasteiger charge is 2.54. The van der Waals surface area contributed by atoms with Crippen molar-refractivity contribution < 1.29 is 23.2 Å². The van der Waals surface area contributed by atoms with Crippen LogP contribution in [0.4, 0.5) is 5.13 Å². The molecular weight excluding hydrogens is 452 g/mol. The molecule has 172 valence electrons. The molecule has 0 unspecified atom stereocenters. The summed E-state index contributed by atoms with van der Waals surface area (Å²) >= 11 is 1.55. The normalized spacial score (nSPS) is 19.8. The van der Waals surface area contributed by atoms with E-state index in [2.05, 4.69) is 9.88 Å². The molecule has 32 heavy (non-hydrogen) atoms. The van der Waals surface area contributed by atoms with Crippen molar-refractivity contribution in [2.75, 3.05) is 44.3 Å². The van der Waals surface area contributed by atoms with E-state index in [4.69, 9.17) is 4.74 Å².